The fourth-order valence-electron chi connectivity index (χ4n) is 3.49. The van der Waals surface area contributed by atoms with Gasteiger partial charge >= 0.3 is 0 Å². The maximum atomic E-state index is 12.6. The van der Waals surface area contributed by atoms with Gasteiger partial charge in [-0.2, -0.15) is 0 Å². The summed E-state index contributed by atoms with van der Waals surface area (Å²) < 4.78 is 32.4. The van der Waals surface area contributed by atoms with Crippen LogP contribution in [0.4, 0.5) is 0 Å². The monoisotopic (exact) mass is 360 g/mol. The van der Waals surface area contributed by atoms with Crippen molar-refractivity contribution < 1.29 is 13.2 Å². The molecule has 7 heteroatoms. The molecule has 1 aromatic carbocycles. The summed E-state index contributed by atoms with van der Waals surface area (Å²) in [5, 5.41) is 0. The van der Waals surface area contributed by atoms with Crippen molar-refractivity contribution in [1.29, 1.82) is 0 Å². The first-order valence-corrected chi connectivity index (χ1v) is 9.55. The molecule has 2 heterocycles. The van der Waals surface area contributed by atoms with Crippen molar-refractivity contribution in [3.63, 3.8) is 0 Å². The number of nitrogens with two attached hydrogens (primary N) is 1. The lowest BCUT2D eigenvalue weighted by atomic mass is 9.89. The second-order valence-corrected chi connectivity index (χ2v) is 8.26. The molecule has 3 atom stereocenters. The molecule has 0 spiro atoms. The fraction of sp³-hybridized carbons (Fsp3) is 0.625. The molecule has 0 aromatic heterocycles. The number of rotatable bonds is 5. The van der Waals surface area contributed by atoms with Gasteiger partial charge in [0.25, 0.3) is 0 Å². The molecule has 1 unspecified atom stereocenters. The molecular weight excluding hydrogens is 336 g/mol. The quantitative estimate of drug-likeness (QED) is 0.865. The fourth-order valence-corrected chi connectivity index (χ4v) is 5.24. The summed E-state index contributed by atoms with van der Waals surface area (Å²) in [5.74, 6) is 0.471. The SMILES string of the molecule is Cl.NC[C@@H]1CN(S(=O)(=O)CC2CCCO2)C[C@H]1c1ccccc1. The van der Waals surface area contributed by atoms with Crippen LogP contribution in [0.3, 0.4) is 0 Å². The van der Waals surface area contributed by atoms with E-state index in [1.165, 1.54) is 5.56 Å². The van der Waals surface area contributed by atoms with E-state index < -0.39 is 10.0 Å². The van der Waals surface area contributed by atoms with E-state index >= 15 is 0 Å². The lowest BCUT2D eigenvalue weighted by Gasteiger charge is -2.19. The number of halogens is 1. The minimum Gasteiger partial charge on any atom is -0.377 e. The number of ether oxygens (including phenoxy) is 1. The van der Waals surface area contributed by atoms with Crippen LogP contribution in [0.2, 0.25) is 0 Å². The molecule has 0 amide bonds. The van der Waals surface area contributed by atoms with Crippen LogP contribution in [0.15, 0.2) is 30.3 Å². The van der Waals surface area contributed by atoms with E-state index in [9.17, 15) is 8.42 Å². The molecule has 2 N–H and O–H groups in total. The molecule has 0 saturated carbocycles. The largest absolute Gasteiger partial charge is 0.377 e. The lowest BCUT2D eigenvalue weighted by molar-refractivity contribution is 0.126. The van der Waals surface area contributed by atoms with Crippen molar-refractivity contribution in [3.8, 4) is 0 Å². The van der Waals surface area contributed by atoms with Crippen LogP contribution in [0, 0.1) is 5.92 Å². The van der Waals surface area contributed by atoms with Crippen LogP contribution in [-0.4, -0.2) is 50.8 Å². The Balaban J connectivity index is 0.00000192. The number of benzene rings is 1. The molecule has 5 nitrogen and oxygen atoms in total. The third-order valence-corrected chi connectivity index (χ3v) is 6.63. The van der Waals surface area contributed by atoms with E-state index in [-0.39, 0.29) is 36.1 Å². The van der Waals surface area contributed by atoms with E-state index in [1.807, 2.05) is 18.2 Å². The molecule has 23 heavy (non-hydrogen) atoms. The van der Waals surface area contributed by atoms with E-state index in [4.69, 9.17) is 10.5 Å². The first-order valence-electron chi connectivity index (χ1n) is 7.94. The normalized spacial score (nSPS) is 28.7. The predicted molar refractivity (Wildman–Crippen MR) is 93.3 cm³/mol. The van der Waals surface area contributed by atoms with Crippen LogP contribution < -0.4 is 5.73 Å². The van der Waals surface area contributed by atoms with Crippen molar-refractivity contribution in [3.05, 3.63) is 35.9 Å². The summed E-state index contributed by atoms with van der Waals surface area (Å²) in [4.78, 5) is 0. The average molecular weight is 361 g/mol. The zero-order valence-corrected chi connectivity index (χ0v) is 14.8. The first-order chi connectivity index (χ1) is 10.6. The number of nitrogens with zero attached hydrogens (tertiary/aromatic N) is 1. The van der Waals surface area contributed by atoms with Gasteiger partial charge in [-0.25, -0.2) is 12.7 Å². The number of hydrogen-bond donors (Lipinski definition) is 1. The molecule has 2 aliphatic heterocycles. The summed E-state index contributed by atoms with van der Waals surface area (Å²) in [6.45, 7) is 2.23. The lowest BCUT2D eigenvalue weighted by Crippen LogP contribution is -2.35. The minimum atomic E-state index is -3.27. The molecule has 0 bridgehead atoms. The van der Waals surface area contributed by atoms with Crippen LogP contribution >= 0.6 is 12.4 Å². The summed E-state index contributed by atoms with van der Waals surface area (Å²) in [6, 6.07) is 10.1. The highest BCUT2D eigenvalue weighted by atomic mass is 35.5. The van der Waals surface area contributed by atoms with Crippen molar-refractivity contribution in [1.82, 2.24) is 4.31 Å². The molecule has 3 rings (SSSR count). The van der Waals surface area contributed by atoms with Gasteiger partial charge in [0, 0.05) is 25.6 Å². The van der Waals surface area contributed by atoms with Crippen molar-refractivity contribution in [2.24, 2.45) is 11.7 Å². The third-order valence-electron chi connectivity index (χ3n) is 4.75. The highest BCUT2D eigenvalue weighted by Gasteiger charge is 2.39. The predicted octanol–water partition coefficient (Wildman–Crippen LogP) is 1.59. The summed E-state index contributed by atoms with van der Waals surface area (Å²) >= 11 is 0. The molecule has 0 radical (unpaired) electrons. The van der Waals surface area contributed by atoms with Gasteiger partial charge in [0.15, 0.2) is 0 Å². The van der Waals surface area contributed by atoms with Gasteiger partial charge in [0.1, 0.15) is 0 Å². The van der Waals surface area contributed by atoms with Crippen LogP contribution in [0.25, 0.3) is 0 Å². The van der Waals surface area contributed by atoms with Crippen LogP contribution in [0.5, 0.6) is 0 Å². The van der Waals surface area contributed by atoms with E-state index in [1.54, 1.807) is 4.31 Å². The molecule has 2 saturated heterocycles. The maximum Gasteiger partial charge on any atom is 0.216 e. The summed E-state index contributed by atoms with van der Waals surface area (Å²) in [5.41, 5.74) is 7.06. The molecule has 0 aliphatic carbocycles. The Kier molecular flexibility index (Phi) is 6.45. The smallest absolute Gasteiger partial charge is 0.216 e. The standard InChI is InChI=1S/C16H24N2O3S.ClH/c17-9-14-10-18(11-16(14)13-5-2-1-3-6-13)22(19,20)12-15-7-4-8-21-15;/h1-3,5-6,14-16H,4,7-12,17H2;1H/t14-,15?,16+;/m1./s1. The second-order valence-electron chi connectivity index (χ2n) is 6.24. The number of hydrogen-bond acceptors (Lipinski definition) is 4. The molecule has 1 aromatic rings. The molecule has 130 valence electrons. The zero-order valence-electron chi connectivity index (χ0n) is 13.1. The third kappa shape index (κ3) is 4.25. The second kappa shape index (κ2) is 7.94. The number of sulfonamides is 1. The average Bonchev–Trinajstić information content (AvgIpc) is 3.16. The topological polar surface area (TPSA) is 72.6 Å². The van der Waals surface area contributed by atoms with Gasteiger partial charge in [-0.05, 0) is 30.9 Å². The highest BCUT2D eigenvalue weighted by molar-refractivity contribution is 7.89. The Morgan fingerprint density at radius 2 is 1.96 bits per heavy atom. The first kappa shape index (κ1) is 18.7. The summed E-state index contributed by atoms with van der Waals surface area (Å²) in [7, 11) is -3.27. The summed E-state index contributed by atoms with van der Waals surface area (Å²) in [6.07, 6.45) is 1.66. The van der Waals surface area contributed by atoms with E-state index in [0.717, 1.165) is 12.8 Å². The van der Waals surface area contributed by atoms with Crippen LogP contribution in [-0.2, 0) is 14.8 Å². The zero-order chi connectivity index (χ0) is 15.6. The Morgan fingerprint density at radius 3 is 2.57 bits per heavy atom. The maximum absolute atomic E-state index is 12.6. The van der Waals surface area contributed by atoms with Crippen molar-refractivity contribution >= 4 is 22.4 Å². The minimum absolute atomic E-state index is 0. The van der Waals surface area contributed by atoms with E-state index in [0.29, 0.717) is 26.2 Å². The van der Waals surface area contributed by atoms with Gasteiger partial charge in [0.05, 0.1) is 11.9 Å². The van der Waals surface area contributed by atoms with Gasteiger partial charge in [-0.15, -0.1) is 12.4 Å². The Labute approximate surface area is 144 Å². The Hall–Kier alpha value is -0.660. The van der Waals surface area contributed by atoms with Crippen molar-refractivity contribution in [2.45, 2.75) is 24.9 Å². The van der Waals surface area contributed by atoms with Crippen molar-refractivity contribution in [2.75, 3.05) is 32.0 Å². The van der Waals surface area contributed by atoms with Gasteiger partial charge in [0.2, 0.25) is 10.0 Å². The highest BCUT2D eigenvalue weighted by Crippen LogP contribution is 2.34. The van der Waals surface area contributed by atoms with Gasteiger partial charge in [-0.1, -0.05) is 30.3 Å². The Bertz CT molecular complexity index is 591. The van der Waals surface area contributed by atoms with Gasteiger partial charge in [-0.3, -0.25) is 0 Å². The molecule has 2 aliphatic rings. The molecule has 2 fully saturated rings. The van der Waals surface area contributed by atoms with E-state index in [2.05, 4.69) is 12.1 Å². The Morgan fingerprint density at radius 1 is 1.22 bits per heavy atom. The van der Waals surface area contributed by atoms with Crippen LogP contribution in [0.1, 0.15) is 24.3 Å². The van der Waals surface area contributed by atoms with Gasteiger partial charge < -0.3 is 10.5 Å². The molecular formula is C16H25ClN2O3S.